The average molecular weight is 369 g/mol. The number of unbranched alkanes of at least 4 members (excludes halogenated alkanes) is 3. The average Bonchev–Trinajstić information content (AvgIpc) is 2.66. The molecule has 27 heavy (non-hydrogen) atoms. The Kier molecular flexibility index (Phi) is 8.18. The van der Waals surface area contributed by atoms with E-state index in [9.17, 15) is 4.79 Å². The molecule has 4 heteroatoms. The highest BCUT2D eigenvalue weighted by Crippen LogP contribution is 2.25. The van der Waals surface area contributed by atoms with Crippen LogP contribution < -0.4 is 15.2 Å². The van der Waals surface area contributed by atoms with E-state index < -0.39 is 0 Å². The summed E-state index contributed by atoms with van der Waals surface area (Å²) in [4.78, 5) is 12.2. The summed E-state index contributed by atoms with van der Waals surface area (Å²) < 4.78 is 5.65. The van der Waals surface area contributed by atoms with Gasteiger partial charge in [-0.05, 0) is 56.0 Å². The Bertz CT molecular complexity index is 726. The number of benzene rings is 2. The maximum atomic E-state index is 12.2. The zero-order valence-corrected chi connectivity index (χ0v) is 17.0. The molecule has 0 atom stereocenters. The van der Waals surface area contributed by atoms with Crippen LogP contribution >= 0.6 is 0 Å². The van der Waals surface area contributed by atoms with Crippen molar-refractivity contribution in [1.82, 2.24) is 0 Å². The first kappa shape index (κ1) is 20.8. The molecule has 0 aliphatic carbocycles. The molecule has 0 aliphatic rings. The number of anilines is 2. The summed E-state index contributed by atoms with van der Waals surface area (Å²) in [5.74, 6) is 0.762. The number of hydrazine groups is 1. The zero-order chi connectivity index (χ0) is 19.6. The second kappa shape index (κ2) is 10.6. The van der Waals surface area contributed by atoms with E-state index in [2.05, 4.69) is 24.5 Å². The minimum absolute atomic E-state index is 0.0655. The number of ether oxygens (including phenoxy) is 1. The van der Waals surface area contributed by atoms with Crippen molar-refractivity contribution in [2.24, 2.45) is 0 Å². The number of carbonyl (C=O) groups excluding carboxylic acids is 1. The maximum absolute atomic E-state index is 12.2. The van der Waals surface area contributed by atoms with Gasteiger partial charge in [-0.15, -0.1) is 0 Å². The predicted octanol–water partition coefficient (Wildman–Crippen LogP) is 5.90. The molecule has 2 aromatic rings. The highest BCUT2D eigenvalue weighted by atomic mass is 16.5. The van der Waals surface area contributed by atoms with Crippen LogP contribution in [0.25, 0.3) is 0 Å². The molecule has 1 N–H and O–H groups in total. The van der Waals surface area contributed by atoms with Crippen molar-refractivity contribution in [3.63, 3.8) is 0 Å². The van der Waals surface area contributed by atoms with E-state index in [0.717, 1.165) is 29.1 Å². The van der Waals surface area contributed by atoms with Crippen LogP contribution in [-0.2, 0) is 11.2 Å². The normalized spacial score (nSPS) is 10.5. The summed E-state index contributed by atoms with van der Waals surface area (Å²) in [5.41, 5.74) is 7.24. The summed E-state index contributed by atoms with van der Waals surface area (Å²) in [6, 6.07) is 14.1. The predicted molar refractivity (Wildman–Crippen MR) is 113 cm³/mol. The Hall–Kier alpha value is -2.49. The standard InChI is InChI=1S/C23H32N2O2/c1-5-7-8-9-10-20-12-15-22(16-13-20)25(19(4)26)24-21-14-11-18(3)23(17-21)27-6-2/h11-17,24H,5-10H2,1-4H3. The molecule has 0 aromatic heterocycles. The minimum Gasteiger partial charge on any atom is -0.494 e. The quantitative estimate of drug-likeness (QED) is 0.419. The molecule has 0 aliphatic heterocycles. The van der Waals surface area contributed by atoms with Crippen molar-refractivity contribution in [3.05, 3.63) is 53.6 Å². The van der Waals surface area contributed by atoms with Crippen LogP contribution in [0, 0.1) is 6.92 Å². The lowest BCUT2D eigenvalue weighted by molar-refractivity contribution is -0.116. The molecule has 2 aromatic carbocycles. The second-order valence-corrected chi connectivity index (χ2v) is 6.86. The molecule has 0 spiro atoms. The van der Waals surface area contributed by atoms with E-state index in [1.165, 1.54) is 31.2 Å². The Morgan fingerprint density at radius 2 is 1.78 bits per heavy atom. The summed E-state index contributed by atoms with van der Waals surface area (Å²) >= 11 is 0. The molecule has 0 radical (unpaired) electrons. The fourth-order valence-electron chi connectivity index (χ4n) is 3.00. The molecule has 1 amide bonds. The third-order valence-corrected chi connectivity index (χ3v) is 4.56. The number of aryl methyl sites for hydroxylation is 2. The van der Waals surface area contributed by atoms with Crippen LogP contribution in [0.15, 0.2) is 42.5 Å². The smallest absolute Gasteiger partial charge is 0.242 e. The molecule has 0 unspecified atom stereocenters. The van der Waals surface area contributed by atoms with E-state index in [0.29, 0.717) is 6.61 Å². The molecular formula is C23H32N2O2. The largest absolute Gasteiger partial charge is 0.494 e. The topological polar surface area (TPSA) is 41.6 Å². The molecule has 0 fully saturated rings. The lowest BCUT2D eigenvalue weighted by Gasteiger charge is -2.24. The van der Waals surface area contributed by atoms with E-state index in [1.807, 2.05) is 44.2 Å². The minimum atomic E-state index is -0.0655. The van der Waals surface area contributed by atoms with Gasteiger partial charge in [0.25, 0.3) is 0 Å². The first-order valence-electron chi connectivity index (χ1n) is 9.94. The van der Waals surface area contributed by atoms with Crippen LogP contribution in [0.2, 0.25) is 0 Å². The van der Waals surface area contributed by atoms with Crippen molar-refractivity contribution in [3.8, 4) is 5.75 Å². The first-order valence-corrected chi connectivity index (χ1v) is 9.94. The summed E-state index contributed by atoms with van der Waals surface area (Å²) in [6.45, 7) is 8.37. The molecule has 2 rings (SSSR count). The van der Waals surface area contributed by atoms with Crippen LogP contribution in [0.5, 0.6) is 5.75 Å². The number of hydrogen-bond donors (Lipinski definition) is 1. The number of hydrogen-bond acceptors (Lipinski definition) is 3. The summed E-state index contributed by atoms with van der Waals surface area (Å²) in [7, 11) is 0. The van der Waals surface area contributed by atoms with Crippen LogP contribution in [0.4, 0.5) is 11.4 Å². The van der Waals surface area contributed by atoms with E-state index in [-0.39, 0.29) is 5.91 Å². The second-order valence-electron chi connectivity index (χ2n) is 6.86. The van der Waals surface area contributed by atoms with E-state index >= 15 is 0 Å². The van der Waals surface area contributed by atoms with E-state index in [1.54, 1.807) is 11.9 Å². The van der Waals surface area contributed by atoms with Gasteiger partial charge in [0.1, 0.15) is 5.75 Å². The Balaban J connectivity index is 2.09. The summed E-state index contributed by atoms with van der Waals surface area (Å²) in [6.07, 6.45) is 6.12. The SMILES string of the molecule is CCCCCCc1ccc(N(Nc2ccc(C)c(OCC)c2)C(C)=O)cc1. The van der Waals surface area contributed by atoms with Gasteiger partial charge in [-0.2, -0.15) is 0 Å². The Morgan fingerprint density at radius 1 is 1.04 bits per heavy atom. The van der Waals surface area contributed by atoms with Crippen LogP contribution in [-0.4, -0.2) is 12.5 Å². The van der Waals surface area contributed by atoms with Gasteiger partial charge in [0.05, 0.1) is 18.0 Å². The van der Waals surface area contributed by atoms with Gasteiger partial charge in [0.2, 0.25) is 5.91 Å². The van der Waals surface area contributed by atoms with Gasteiger partial charge in [-0.25, -0.2) is 5.01 Å². The molecule has 0 saturated carbocycles. The molecule has 0 saturated heterocycles. The fraction of sp³-hybridized carbons (Fsp3) is 0.435. The number of nitrogens with one attached hydrogen (secondary N) is 1. The van der Waals surface area contributed by atoms with Crippen molar-refractivity contribution in [2.45, 2.75) is 59.8 Å². The monoisotopic (exact) mass is 368 g/mol. The van der Waals surface area contributed by atoms with Crippen molar-refractivity contribution in [2.75, 3.05) is 17.0 Å². The third-order valence-electron chi connectivity index (χ3n) is 4.56. The molecule has 0 heterocycles. The zero-order valence-electron chi connectivity index (χ0n) is 17.0. The van der Waals surface area contributed by atoms with E-state index in [4.69, 9.17) is 4.74 Å². The number of rotatable bonds is 10. The number of amides is 1. The number of nitrogens with zero attached hydrogens (tertiary/aromatic N) is 1. The lowest BCUT2D eigenvalue weighted by atomic mass is 10.1. The molecule has 0 bridgehead atoms. The van der Waals surface area contributed by atoms with Crippen LogP contribution in [0.1, 0.15) is 57.6 Å². The van der Waals surface area contributed by atoms with Crippen molar-refractivity contribution >= 4 is 17.3 Å². The maximum Gasteiger partial charge on any atom is 0.242 e. The Morgan fingerprint density at radius 3 is 2.41 bits per heavy atom. The molecular weight excluding hydrogens is 336 g/mol. The van der Waals surface area contributed by atoms with Gasteiger partial charge >= 0.3 is 0 Å². The van der Waals surface area contributed by atoms with Gasteiger partial charge in [-0.1, -0.05) is 44.4 Å². The van der Waals surface area contributed by atoms with Gasteiger partial charge in [-0.3, -0.25) is 10.2 Å². The highest BCUT2D eigenvalue weighted by Gasteiger charge is 2.12. The van der Waals surface area contributed by atoms with Crippen molar-refractivity contribution < 1.29 is 9.53 Å². The first-order chi connectivity index (χ1) is 13.0. The fourth-order valence-corrected chi connectivity index (χ4v) is 3.00. The van der Waals surface area contributed by atoms with Gasteiger partial charge < -0.3 is 4.74 Å². The van der Waals surface area contributed by atoms with Gasteiger partial charge in [0.15, 0.2) is 0 Å². The lowest BCUT2D eigenvalue weighted by Crippen LogP contribution is -2.34. The van der Waals surface area contributed by atoms with Crippen molar-refractivity contribution in [1.29, 1.82) is 0 Å². The summed E-state index contributed by atoms with van der Waals surface area (Å²) in [5, 5.41) is 1.57. The molecule has 146 valence electrons. The highest BCUT2D eigenvalue weighted by molar-refractivity contribution is 5.93. The Labute approximate surface area is 163 Å². The molecule has 4 nitrogen and oxygen atoms in total. The third kappa shape index (κ3) is 6.31. The van der Waals surface area contributed by atoms with Crippen LogP contribution in [0.3, 0.4) is 0 Å². The van der Waals surface area contributed by atoms with Gasteiger partial charge in [0, 0.05) is 13.0 Å². The number of carbonyl (C=O) groups is 1.